The first-order valence-corrected chi connectivity index (χ1v) is 11.6. The second-order valence-electron chi connectivity index (χ2n) is 9.52. The van der Waals surface area contributed by atoms with Gasteiger partial charge in [-0.15, -0.1) is 0 Å². The summed E-state index contributed by atoms with van der Waals surface area (Å²) in [5.41, 5.74) is 3.79. The lowest BCUT2D eigenvalue weighted by Crippen LogP contribution is -2.42. The van der Waals surface area contributed by atoms with Crippen molar-refractivity contribution in [1.82, 2.24) is 4.90 Å². The van der Waals surface area contributed by atoms with Crippen LogP contribution in [-0.2, 0) is 11.2 Å². The highest BCUT2D eigenvalue weighted by Crippen LogP contribution is 2.52. The Hall–Kier alpha value is -2.64. The maximum absolute atomic E-state index is 10.9. The monoisotopic (exact) mass is 416 g/mol. The van der Waals surface area contributed by atoms with Crippen LogP contribution in [0, 0.1) is 22.7 Å². The average molecular weight is 417 g/mol. The molecule has 2 aliphatic rings. The Morgan fingerprint density at radius 1 is 1.10 bits per heavy atom. The van der Waals surface area contributed by atoms with E-state index in [0.29, 0.717) is 12.1 Å². The Kier molecular flexibility index (Phi) is 6.73. The van der Waals surface area contributed by atoms with Gasteiger partial charge in [-0.05, 0) is 92.1 Å². The van der Waals surface area contributed by atoms with Crippen LogP contribution in [-0.4, -0.2) is 35.6 Å². The Labute approximate surface area is 185 Å². The minimum Gasteiger partial charge on any atom is -0.481 e. The molecule has 1 N–H and O–H groups in total. The van der Waals surface area contributed by atoms with Crippen LogP contribution in [0.1, 0.15) is 61.1 Å². The summed E-state index contributed by atoms with van der Waals surface area (Å²) < 4.78 is 0. The second kappa shape index (κ2) is 9.66. The van der Waals surface area contributed by atoms with Gasteiger partial charge in [-0.25, -0.2) is 0 Å². The minimum atomic E-state index is -0.713. The Morgan fingerprint density at radius 3 is 2.45 bits per heavy atom. The van der Waals surface area contributed by atoms with E-state index in [-0.39, 0.29) is 11.8 Å². The van der Waals surface area contributed by atoms with Gasteiger partial charge in [0.05, 0.1) is 18.1 Å². The standard InChI is InChI=1S/C27H32N2O2/c28-20-22-8-6-21(7-9-22)19-27(13-16-29(17-14-27)15-11-26(30)31)12-10-24-18-25(24)23-4-2-1-3-5-23/h1-9,24-25H,10-19H2,(H,30,31)/t24-,25?/m1/s1. The van der Waals surface area contributed by atoms with Crippen molar-refractivity contribution >= 4 is 5.97 Å². The number of carboxylic acids is 1. The van der Waals surface area contributed by atoms with Gasteiger partial charge in [-0.2, -0.15) is 5.26 Å². The van der Waals surface area contributed by atoms with Gasteiger partial charge in [0.25, 0.3) is 0 Å². The van der Waals surface area contributed by atoms with E-state index >= 15 is 0 Å². The summed E-state index contributed by atoms with van der Waals surface area (Å²) in [4.78, 5) is 13.3. The van der Waals surface area contributed by atoms with Crippen LogP contribution < -0.4 is 0 Å². The summed E-state index contributed by atoms with van der Waals surface area (Å²) in [5.74, 6) is 0.809. The number of likely N-dealkylation sites (tertiary alicyclic amines) is 1. The van der Waals surface area contributed by atoms with Gasteiger partial charge in [0.15, 0.2) is 0 Å². The molecule has 2 aromatic rings. The Morgan fingerprint density at radius 2 is 1.81 bits per heavy atom. The Bertz CT molecular complexity index is 909. The average Bonchev–Trinajstić information content (AvgIpc) is 3.58. The molecule has 1 saturated carbocycles. The first-order valence-electron chi connectivity index (χ1n) is 11.6. The third kappa shape index (κ3) is 5.74. The van der Waals surface area contributed by atoms with E-state index in [1.54, 1.807) is 0 Å². The van der Waals surface area contributed by atoms with Crippen molar-refractivity contribution in [3.8, 4) is 6.07 Å². The molecule has 2 fully saturated rings. The lowest BCUT2D eigenvalue weighted by Gasteiger charge is -2.42. The quantitative estimate of drug-likeness (QED) is 0.607. The highest BCUT2D eigenvalue weighted by molar-refractivity contribution is 5.66. The predicted octanol–water partition coefficient (Wildman–Crippen LogP) is 5.24. The van der Waals surface area contributed by atoms with Gasteiger partial charge in [-0.3, -0.25) is 4.79 Å². The van der Waals surface area contributed by atoms with Gasteiger partial charge < -0.3 is 10.0 Å². The molecule has 162 valence electrons. The van der Waals surface area contributed by atoms with Crippen molar-refractivity contribution < 1.29 is 9.90 Å². The van der Waals surface area contributed by atoms with E-state index in [1.807, 2.05) is 12.1 Å². The summed E-state index contributed by atoms with van der Waals surface area (Å²) in [7, 11) is 0. The molecule has 0 amide bonds. The summed E-state index contributed by atoms with van der Waals surface area (Å²) in [5, 5.41) is 18.1. The fourth-order valence-electron chi connectivity index (χ4n) is 5.32. The van der Waals surface area contributed by atoms with Crippen LogP contribution in [0.15, 0.2) is 54.6 Å². The van der Waals surface area contributed by atoms with Crippen LogP contribution in [0.3, 0.4) is 0 Å². The van der Waals surface area contributed by atoms with Crippen LogP contribution in [0.25, 0.3) is 0 Å². The number of carbonyl (C=O) groups is 1. The van der Waals surface area contributed by atoms with Crippen LogP contribution in [0.5, 0.6) is 0 Å². The zero-order chi connectivity index (χ0) is 21.7. The largest absolute Gasteiger partial charge is 0.481 e. The molecule has 1 aliphatic carbocycles. The molecule has 0 radical (unpaired) electrons. The highest BCUT2D eigenvalue weighted by atomic mass is 16.4. The van der Waals surface area contributed by atoms with Gasteiger partial charge in [-0.1, -0.05) is 42.5 Å². The molecule has 0 bridgehead atoms. The topological polar surface area (TPSA) is 64.3 Å². The van der Waals surface area contributed by atoms with Crippen molar-refractivity contribution in [2.75, 3.05) is 19.6 Å². The molecule has 4 nitrogen and oxygen atoms in total. The SMILES string of the molecule is N#Cc1ccc(CC2(CC[C@@H]3CC3c3ccccc3)CCN(CCC(=O)O)CC2)cc1. The number of rotatable bonds is 9. The van der Waals surface area contributed by atoms with E-state index in [4.69, 9.17) is 10.4 Å². The molecule has 1 heterocycles. The Balaban J connectivity index is 1.39. The van der Waals surface area contributed by atoms with Crippen molar-refractivity contribution in [3.63, 3.8) is 0 Å². The summed E-state index contributed by atoms with van der Waals surface area (Å²) in [6.45, 7) is 2.62. The zero-order valence-corrected chi connectivity index (χ0v) is 18.2. The summed E-state index contributed by atoms with van der Waals surface area (Å²) >= 11 is 0. The van der Waals surface area contributed by atoms with Crippen molar-refractivity contribution in [2.45, 2.75) is 50.9 Å². The number of nitriles is 1. The third-order valence-corrected chi connectivity index (χ3v) is 7.42. The van der Waals surface area contributed by atoms with Crippen LogP contribution in [0.4, 0.5) is 0 Å². The molecule has 1 aliphatic heterocycles. The number of nitrogens with zero attached hydrogens (tertiary/aromatic N) is 2. The number of hydrogen-bond donors (Lipinski definition) is 1. The third-order valence-electron chi connectivity index (χ3n) is 7.42. The molecular weight excluding hydrogens is 384 g/mol. The molecule has 31 heavy (non-hydrogen) atoms. The molecule has 2 atom stereocenters. The zero-order valence-electron chi connectivity index (χ0n) is 18.2. The van der Waals surface area contributed by atoms with Gasteiger partial charge >= 0.3 is 5.97 Å². The molecular formula is C27H32N2O2. The van der Waals surface area contributed by atoms with Crippen LogP contribution in [0.2, 0.25) is 0 Å². The van der Waals surface area contributed by atoms with E-state index < -0.39 is 5.97 Å². The number of benzene rings is 2. The van der Waals surface area contributed by atoms with Crippen LogP contribution >= 0.6 is 0 Å². The minimum absolute atomic E-state index is 0.226. The molecule has 1 saturated heterocycles. The van der Waals surface area contributed by atoms with E-state index in [0.717, 1.165) is 44.2 Å². The molecule has 0 spiro atoms. The lowest BCUT2D eigenvalue weighted by atomic mass is 9.70. The second-order valence-corrected chi connectivity index (χ2v) is 9.52. The fourth-order valence-corrected chi connectivity index (χ4v) is 5.32. The number of hydrogen-bond acceptors (Lipinski definition) is 3. The van der Waals surface area contributed by atoms with Gasteiger partial charge in [0.2, 0.25) is 0 Å². The molecule has 4 heteroatoms. The lowest BCUT2D eigenvalue weighted by molar-refractivity contribution is -0.137. The van der Waals surface area contributed by atoms with Crippen molar-refractivity contribution in [1.29, 1.82) is 5.26 Å². The maximum atomic E-state index is 10.9. The molecule has 2 aromatic carbocycles. The molecule has 4 rings (SSSR count). The fraction of sp³-hybridized carbons (Fsp3) is 0.481. The first-order chi connectivity index (χ1) is 15.1. The van der Waals surface area contributed by atoms with Crippen molar-refractivity contribution in [2.24, 2.45) is 11.3 Å². The first kappa shape index (κ1) is 21.6. The maximum Gasteiger partial charge on any atom is 0.304 e. The number of piperidine rings is 1. The van der Waals surface area contributed by atoms with Gasteiger partial charge in [0.1, 0.15) is 0 Å². The summed E-state index contributed by atoms with van der Waals surface area (Å²) in [6.07, 6.45) is 7.32. The molecule has 0 aromatic heterocycles. The van der Waals surface area contributed by atoms with E-state index in [2.05, 4.69) is 53.4 Å². The van der Waals surface area contributed by atoms with Gasteiger partial charge in [0, 0.05) is 6.54 Å². The highest BCUT2D eigenvalue weighted by Gasteiger charge is 2.41. The number of aliphatic carboxylic acids is 1. The normalized spacial score (nSPS) is 22.5. The molecule has 1 unspecified atom stereocenters. The smallest absolute Gasteiger partial charge is 0.304 e. The summed E-state index contributed by atoms with van der Waals surface area (Å²) in [6, 6.07) is 21.2. The van der Waals surface area contributed by atoms with E-state index in [9.17, 15) is 4.79 Å². The van der Waals surface area contributed by atoms with Crippen molar-refractivity contribution in [3.05, 3.63) is 71.3 Å². The predicted molar refractivity (Wildman–Crippen MR) is 122 cm³/mol. The van der Waals surface area contributed by atoms with E-state index in [1.165, 1.54) is 30.4 Å². The number of carboxylic acid groups (broad SMARTS) is 1.